The van der Waals surface area contributed by atoms with E-state index >= 15 is 0 Å². The van der Waals surface area contributed by atoms with Crippen molar-refractivity contribution in [1.29, 1.82) is 0 Å². The van der Waals surface area contributed by atoms with Crippen molar-refractivity contribution < 1.29 is 31.1 Å². The third kappa shape index (κ3) is 5.09. The van der Waals surface area contributed by atoms with E-state index in [0.29, 0.717) is 18.2 Å². The summed E-state index contributed by atoms with van der Waals surface area (Å²) < 4.78 is 81.9. The van der Waals surface area contributed by atoms with Crippen molar-refractivity contribution in [3.63, 3.8) is 0 Å². The number of hydrogen-bond donors (Lipinski definition) is 1. The summed E-state index contributed by atoms with van der Waals surface area (Å²) in [6, 6.07) is 14.3. The maximum Gasteiger partial charge on any atom is 0.421 e. The van der Waals surface area contributed by atoms with Crippen LogP contribution in [0.15, 0.2) is 70.3 Å². The molecule has 0 amide bonds. The van der Waals surface area contributed by atoms with Crippen molar-refractivity contribution in [2.75, 3.05) is 24.5 Å². The summed E-state index contributed by atoms with van der Waals surface area (Å²) >= 11 is 1.12. The van der Waals surface area contributed by atoms with Gasteiger partial charge in [0.2, 0.25) is 0 Å². The molecule has 188 valence electrons. The fourth-order valence-electron chi connectivity index (χ4n) is 4.16. The Balaban J connectivity index is 1.65. The molecule has 0 bridgehead atoms. The maximum atomic E-state index is 14.4. The summed E-state index contributed by atoms with van der Waals surface area (Å²) in [4.78, 5) is 1.87. The number of sulfonamides is 1. The highest BCUT2D eigenvalue weighted by atomic mass is 32.2. The normalized spacial score (nSPS) is 19.5. The summed E-state index contributed by atoms with van der Waals surface area (Å²) in [7, 11) is -3.73. The number of thiophene rings is 1. The standard InChI is InChI=1S/C24H24F4N2O3S2/c1-23(31,24(26,27)28)18-8-10-19(11-9-18)30-13-12-29(35(32,33)22-7-4-14-34-22)16-20(30)15-17-5-2-3-6-21(17)25/h2-11,14,20,31H,12-13,15-16H2,1H3/t20-,23+/m1/s1. The van der Waals surface area contributed by atoms with Gasteiger partial charge in [-0.15, -0.1) is 11.3 Å². The Morgan fingerprint density at radius 3 is 2.31 bits per heavy atom. The Bertz CT molecular complexity index is 1260. The number of halogens is 4. The van der Waals surface area contributed by atoms with E-state index < -0.39 is 33.7 Å². The van der Waals surface area contributed by atoms with Crippen molar-refractivity contribution >= 4 is 27.0 Å². The fourth-order valence-corrected chi connectivity index (χ4v) is 6.77. The van der Waals surface area contributed by atoms with Gasteiger partial charge in [-0.1, -0.05) is 36.4 Å². The Labute approximate surface area is 205 Å². The van der Waals surface area contributed by atoms with Gasteiger partial charge in [0.05, 0.1) is 0 Å². The zero-order chi connectivity index (χ0) is 25.4. The first-order valence-electron chi connectivity index (χ1n) is 10.8. The van der Waals surface area contributed by atoms with E-state index in [4.69, 9.17) is 0 Å². The molecule has 35 heavy (non-hydrogen) atoms. The molecule has 3 aromatic rings. The molecule has 1 aromatic heterocycles. The topological polar surface area (TPSA) is 60.9 Å². The average molecular weight is 529 g/mol. The monoisotopic (exact) mass is 528 g/mol. The molecular formula is C24H24F4N2O3S2. The van der Waals surface area contributed by atoms with Crippen LogP contribution in [0.2, 0.25) is 0 Å². The highest BCUT2D eigenvalue weighted by Crippen LogP contribution is 2.39. The zero-order valence-electron chi connectivity index (χ0n) is 18.7. The van der Waals surface area contributed by atoms with Gasteiger partial charge in [0, 0.05) is 31.4 Å². The molecule has 1 saturated heterocycles. The molecule has 1 fully saturated rings. The second-order valence-electron chi connectivity index (χ2n) is 8.55. The van der Waals surface area contributed by atoms with Gasteiger partial charge < -0.3 is 10.0 Å². The van der Waals surface area contributed by atoms with Crippen molar-refractivity contribution in [1.82, 2.24) is 4.31 Å². The molecule has 4 rings (SSSR count). The Morgan fingerprint density at radius 1 is 1.03 bits per heavy atom. The largest absolute Gasteiger partial charge is 0.421 e. The van der Waals surface area contributed by atoms with Gasteiger partial charge in [0.1, 0.15) is 10.0 Å². The van der Waals surface area contributed by atoms with Crippen LogP contribution < -0.4 is 4.90 Å². The van der Waals surface area contributed by atoms with Crippen LogP contribution in [0, 0.1) is 5.82 Å². The molecule has 2 aromatic carbocycles. The van der Waals surface area contributed by atoms with Crippen LogP contribution in [0.4, 0.5) is 23.2 Å². The van der Waals surface area contributed by atoms with Crippen LogP contribution in [0.5, 0.6) is 0 Å². The molecule has 0 spiro atoms. The molecule has 1 aliphatic heterocycles. The van der Waals surface area contributed by atoms with E-state index in [-0.39, 0.29) is 35.8 Å². The van der Waals surface area contributed by atoms with E-state index in [1.165, 1.54) is 40.7 Å². The van der Waals surface area contributed by atoms with Crippen molar-refractivity contribution in [2.24, 2.45) is 0 Å². The molecule has 1 aliphatic rings. The Morgan fingerprint density at radius 2 is 1.71 bits per heavy atom. The quantitative estimate of drug-likeness (QED) is 0.468. The number of rotatable bonds is 6. The molecule has 0 radical (unpaired) electrons. The minimum atomic E-state index is -4.84. The van der Waals surface area contributed by atoms with E-state index in [9.17, 15) is 31.1 Å². The van der Waals surface area contributed by atoms with Gasteiger partial charge in [-0.25, -0.2) is 12.8 Å². The average Bonchev–Trinajstić information content (AvgIpc) is 3.36. The number of alkyl halides is 3. The molecular weight excluding hydrogens is 504 g/mol. The molecule has 0 aliphatic carbocycles. The van der Waals surface area contributed by atoms with E-state index in [0.717, 1.165) is 11.3 Å². The first-order chi connectivity index (χ1) is 16.4. The number of anilines is 1. The predicted molar refractivity (Wildman–Crippen MR) is 126 cm³/mol. The summed E-state index contributed by atoms with van der Waals surface area (Å²) in [5.74, 6) is -0.415. The number of benzene rings is 2. The van der Waals surface area contributed by atoms with Gasteiger partial charge in [0.25, 0.3) is 10.0 Å². The lowest BCUT2D eigenvalue weighted by atomic mass is 9.94. The van der Waals surface area contributed by atoms with E-state index in [1.54, 1.807) is 29.6 Å². The summed E-state index contributed by atoms with van der Waals surface area (Å²) in [5.41, 5.74) is -2.35. The molecule has 0 unspecified atom stereocenters. The van der Waals surface area contributed by atoms with Crippen LogP contribution in [0.25, 0.3) is 0 Å². The van der Waals surface area contributed by atoms with Crippen molar-refractivity contribution in [3.05, 3.63) is 83.0 Å². The lowest BCUT2D eigenvalue weighted by Crippen LogP contribution is -2.55. The van der Waals surface area contributed by atoms with Crippen LogP contribution in [-0.4, -0.2) is 49.7 Å². The van der Waals surface area contributed by atoms with E-state index in [1.807, 2.05) is 4.90 Å². The summed E-state index contributed by atoms with van der Waals surface area (Å²) in [6.45, 7) is 1.20. The molecule has 1 N–H and O–H groups in total. The molecule has 2 heterocycles. The summed E-state index contributed by atoms with van der Waals surface area (Å²) in [6.07, 6.45) is -4.64. The minimum Gasteiger partial charge on any atom is -0.376 e. The number of nitrogens with zero attached hydrogens (tertiary/aromatic N) is 2. The number of hydrogen-bond acceptors (Lipinski definition) is 5. The van der Waals surface area contributed by atoms with Crippen LogP contribution in [0.3, 0.4) is 0 Å². The van der Waals surface area contributed by atoms with Crippen LogP contribution >= 0.6 is 11.3 Å². The Hall–Kier alpha value is -2.47. The molecule has 0 saturated carbocycles. The highest BCUT2D eigenvalue weighted by Gasteiger charge is 2.51. The van der Waals surface area contributed by atoms with Gasteiger partial charge in [-0.3, -0.25) is 0 Å². The smallest absolute Gasteiger partial charge is 0.376 e. The zero-order valence-corrected chi connectivity index (χ0v) is 20.4. The van der Waals surface area contributed by atoms with Crippen LogP contribution in [0.1, 0.15) is 18.1 Å². The lowest BCUT2D eigenvalue weighted by Gasteiger charge is -2.42. The van der Waals surface area contributed by atoms with Gasteiger partial charge in [0.15, 0.2) is 5.60 Å². The first kappa shape index (κ1) is 25.6. The second kappa shape index (κ2) is 9.53. The second-order valence-corrected chi connectivity index (χ2v) is 11.7. The fraction of sp³-hybridized carbons (Fsp3) is 0.333. The number of piperazine rings is 1. The summed E-state index contributed by atoms with van der Waals surface area (Å²) in [5, 5.41) is 11.6. The SMILES string of the molecule is C[C@](O)(c1ccc(N2CCN(S(=O)(=O)c3cccs3)C[C@H]2Cc2ccccc2F)cc1)C(F)(F)F. The van der Waals surface area contributed by atoms with Crippen molar-refractivity contribution in [3.8, 4) is 0 Å². The molecule has 5 nitrogen and oxygen atoms in total. The molecule has 2 atom stereocenters. The third-order valence-corrected chi connectivity index (χ3v) is 9.50. The maximum absolute atomic E-state index is 14.4. The third-order valence-electron chi connectivity index (χ3n) is 6.26. The van der Waals surface area contributed by atoms with Gasteiger partial charge in [-0.05, 0) is 54.1 Å². The van der Waals surface area contributed by atoms with E-state index in [2.05, 4.69) is 0 Å². The minimum absolute atomic E-state index is 0.0799. The first-order valence-corrected chi connectivity index (χ1v) is 13.2. The number of aliphatic hydroxyl groups is 1. The van der Waals surface area contributed by atoms with Crippen molar-refractivity contribution in [2.45, 2.75) is 35.4 Å². The lowest BCUT2D eigenvalue weighted by molar-refractivity contribution is -0.258. The predicted octanol–water partition coefficient (Wildman–Crippen LogP) is 4.78. The van der Waals surface area contributed by atoms with Crippen LogP contribution in [-0.2, 0) is 22.0 Å². The highest BCUT2D eigenvalue weighted by molar-refractivity contribution is 7.91. The van der Waals surface area contributed by atoms with Gasteiger partial charge in [-0.2, -0.15) is 17.5 Å². The van der Waals surface area contributed by atoms with Gasteiger partial charge >= 0.3 is 6.18 Å². The Kier molecular flexibility index (Phi) is 6.98. The molecule has 11 heteroatoms.